The van der Waals surface area contributed by atoms with Crippen LogP contribution < -0.4 is 0 Å². The molecule has 0 heterocycles. The van der Waals surface area contributed by atoms with E-state index < -0.39 is 0 Å². The van der Waals surface area contributed by atoms with Gasteiger partial charge in [-0.1, -0.05) is 45.8 Å². The first-order chi connectivity index (χ1) is 7.41. The highest BCUT2D eigenvalue weighted by atomic mass is 16.3. The summed E-state index contributed by atoms with van der Waals surface area (Å²) in [7, 11) is 0. The highest BCUT2D eigenvalue weighted by molar-refractivity contribution is 5.03. The Morgan fingerprint density at radius 2 is 2.00 bits per heavy atom. The van der Waals surface area contributed by atoms with Gasteiger partial charge in [0.1, 0.15) is 0 Å². The molecule has 0 spiro atoms. The van der Waals surface area contributed by atoms with E-state index in [1.165, 1.54) is 19.3 Å². The fourth-order valence-corrected chi connectivity index (χ4v) is 2.95. The van der Waals surface area contributed by atoms with E-state index in [0.717, 1.165) is 23.8 Å². The van der Waals surface area contributed by atoms with Gasteiger partial charge >= 0.3 is 0 Å². The maximum absolute atomic E-state index is 10.1. The molecule has 0 bridgehead atoms. The summed E-state index contributed by atoms with van der Waals surface area (Å²) in [5.41, 5.74) is 1.16. The molecule has 0 amide bonds. The van der Waals surface area contributed by atoms with E-state index in [4.69, 9.17) is 0 Å². The summed E-state index contributed by atoms with van der Waals surface area (Å²) in [5, 5.41) is 10.1. The summed E-state index contributed by atoms with van der Waals surface area (Å²) in [4.78, 5) is 0. The zero-order valence-corrected chi connectivity index (χ0v) is 11.4. The third-order valence-electron chi connectivity index (χ3n) is 4.07. The lowest BCUT2D eigenvalue weighted by molar-refractivity contribution is 0.0162. The highest BCUT2D eigenvalue weighted by Crippen LogP contribution is 2.39. The average Bonchev–Trinajstić information content (AvgIpc) is 2.19. The maximum atomic E-state index is 10.1. The zero-order chi connectivity index (χ0) is 12.3. The molecule has 4 unspecified atom stereocenters. The van der Waals surface area contributed by atoms with Crippen LogP contribution >= 0.6 is 0 Å². The van der Waals surface area contributed by atoms with Crippen LogP contribution in [0, 0.1) is 23.7 Å². The largest absolute Gasteiger partial charge is 0.392 e. The van der Waals surface area contributed by atoms with Gasteiger partial charge in [0.05, 0.1) is 6.10 Å². The van der Waals surface area contributed by atoms with Crippen molar-refractivity contribution in [2.24, 2.45) is 23.7 Å². The molecule has 0 saturated heterocycles. The van der Waals surface area contributed by atoms with E-state index in [1.54, 1.807) is 0 Å². The van der Waals surface area contributed by atoms with Gasteiger partial charge in [-0.3, -0.25) is 0 Å². The molecular weight excluding hydrogens is 196 g/mol. The number of rotatable bonds is 4. The van der Waals surface area contributed by atoms with Crippen LogP contribution in [0.25, 0.3) is 0 Å². The molecule has 1 N–H and O–H groups in total. The summed E-state index contributed by atoms with van der Waals surface area (Å²) in [6.45, 7) is 12.9. The summed E-state index contributed by atoms with van der Waals surface area (Å²) < 4.78 is 0. The minimum Gasteiger partial charge on any atom is -0.392 e. The first kappa shape index (κ1) is 13.8. The molecule has 0 radical (unpaired) electrons. The summed E-state index contributed by atoms with van der Waals surface area (Å²) in [5.74, 6) is 2.36. The molecule has 0 aromatic rings. The van der Waals surface area contributed by atoms with E-state index in [9.17, 15) is 5.11 Å². The van der Waals surface area contributed by atoms with Crippen molar-refractivity contribution < 1.29 is 5.11 Å². The first-order valence-corrected chi connectivity index (χ1v) is 6.75. The predicted molar refractivity (Wildman–Crippen MR) is 70.3 cm³/mol. The molecule has 1 aliphatic carbocycles. The molecule has 0 aromatic carbocycles. The fraction of sp³-hybridized carbons (Fsp3) is 0.867. The van der Waals surface area contributed by atoms with Gasteiger partial charge in [-0.25, -0.2) is 0 Å². The van der Waals surface area contributed by atoms with Gasteiger partial charge in [0.15, 0.2) is 0 Å². The van der Waals surface area contributed by atoms with Crippen molar-refractivity contribution in [2.45, 2.75) is 59.5 Å². The Morgan fingerprint density at radius 1 is 1.38 bits per heavy atom. The minimum absolute atomic E-state index is 0.159. The van der Waals surface area contributed by atoms with Crippen LogP contribution in [0.1, 0.15) is 53.4 Å². The normalized spacial score (nSPS) is 35.4. The summed E-state index contributed by atoms with van der Waals surface area (Å²) in [6.07, 6.45) is 4.81. The van der Waals surface area contributed by atoms with Gasteiger partial charge in [-0.15, -0.1) is 0 Å². The molecule has 0 aliphatic heterocycles. The van der Waals surface area contributed by atoms with E-state index in [2.05, 4.69) is 34.3 Å². The first-order valence-electron chi connectivity index (χ1n) is 6.75. The van der Waals surface area contributed by atoms with Gasteiger partial charge in [0.2, 0.25) is 0 Å². The molecule has 16 heavy (non-hydrogen) atoms. The van der Waals surface area contributed by atoms with Gasteiger partial charge in [0, 0.05) is 5.92 Å². The minimum atomic E-state index is -0.159. The van der Waals surface area contributed by atoms with Gasteiger partial charge in [0.25, 0.3) is 0 Å². The van der Waals surface area contributed by atoms with Crippen LogP contribution in [0.15, 0.2) is 12.2 Å². The summed E-state index contributed by atoms with van der Waals surface area (Å²) >= 11 is 0. The molecule has 1 rings (SSSR count). The molecule has 94 valence electrons. The second kappa shape index (κ2) is 5.86. The van der Waals surface area contributed by atoms with E-state index >= 15 is 0 Å². The van der Waals surface area contributed by atoms with Crippen LogP contribution in [0.2, 0.25) is 0 Å². The van der Waals surface area contributed by atoms with E-state index in [1.807, 2.05) is 0 Å². The monoisotopic (exact) mass is 224 g/mol. The molecule has 1 fully saturated rings. The van der Waals surface area contributed by atoms with Crippen molar-refractivity contribution in [2.75, 3.05) is 0 Å². The lowest BCUT2D eigenvalue weighted by atomic mass is 9.70. The molecule has 0 aromatic heterocycles. The number of hydrogen-bond donors (Lipinski definition) is 1. The van der Waals surface area contributed by atoms with E-state index in [0.29, 0.717) is 11.8 Å². The molecular formula is C15H28O. The van der Waals surface area contributed by atoms with Crippen LogP contribution in [0.3, 0.4) is 0 Å². The molecule has 4 atom stereocenters. The molecule has 1 nitrogen and oxygen atoms in total. The second-order valence-corrected chi connectivity index (χ2v) is 6.23. The lowest BCUT2D eigenvalue weighted by Crippen LogP contribution is -2.36. The number of aliphatic hydroxyl groups is 1. The predicted octanol–water partition coefficient (Wildman–Crippen LogP) is 4.02. The zero-order valence-electron chi connectivity index (χ0n) is 11.4. The van der Waals surface area contributed by atoms with Crippen LogP contribution in [0.5, 0.6) is 0 Å². The van der Waals surface area contributed by atoms with Crippen molar-refractivity contribution in [3.63, 3.8) is 0 Å². The second-order valence-electron chi connectivity index (χ2n) is 6.23. The molecule has 1 saturated carbocycles. The molecule has 1 heteroatoms. The highest BCUT2D eigenvalue weighted by Gasteiger charge is 2.34. The Balaban J connectivity index is 2.53. The summed E-state index contributed by atoms with van der Waals surface area (Å²) in [6, 6.07) is 0. The van der Waals surface area contributed by atoms with Crippen molar-refractivity contribution >= 4 is 0 Å². The lowest BCUT2D eigenvalue weighted by Gasteiger charge is -2.38. The smallest absolute Gasteiger partial charge is 0.0630 e. The SMILES string of the molecule is C=C(C)C1CC(CCC(C)C)CC(C)C1O. The Labute approximate surface area is 101 Å². The fourth-order valence-electron chi connectivity index (χ4n) is 2.95. The Bertz CT molecular complexity index is 232. The quantitative estimate of drug-likeness (QED) is 0.715. The number of aliphatic hydroxyl groups excluding tert-OH is 1. The Kier molecular flexibility index (Phi) is 5.04. The third kappa shape index (κ3) is 3.62. The topological polar surface area (TPSA) is 20.2 Å². The van der Waals surface area contributed by atoms with Crippen molar-refractivity contribution in [1.29, 1.82) is 0 Å². The Morgan fingerprint density at radius 3 is 2.50 bits per heavy atom. The number of hydrogen-bond acceptors (Lipinski definition) is 1. The third-order valence-corrected chi connectivity index (χ3v) is 4.07. The molecule has 1 aliphatic rings. The maximum Gasteiger partial charge on any atom is 0.0630 e. The standard InChI is InChI=1S/C15H28O/c1-10(2)6-7-13-8-12(5)15(16)14(9-13)11(3)4/h10,12-16H,3,6-9H2,1-2,4-5H3. The van der Waals surface area contributed by atoms with Gasteiger partial charge in [-0.05, 0) is 37.5 Å². The van der Waals surface area contributed by atoms with Crippen LogP contribution in [0.4, 0.5) is 0 Å². The van der Waals surface area contributed by atoms with E-state index in [-0.39, 0.29) is 6.10 Å². The van der Waals surface area contributed by atoms with Crippen molar-refractivity contribution in [3.8, 4) is 0 Å². The van der Waals surface area contributed by atoms with Gasteiger partial charge < -0.3 is 5.11 Å². The van der Waals surface area contributed by atoms with Crippen LogP contribution in [-0.4, -0.2) is 11.2 Å². The average molecular weight is 224 g/mol. The van der Waals surface area contributed by atoms with Crippen LogP contribution in [-0.2, 0) is 0 Å². The van der Waals surface area contributed by atoms with Gasteiger partial charge in [-0.2, -0.15) is 0 Å². The Hall–Kier alpha value is -0.300. The van der Waals surface area contributed by atoms with Crippen molar-refractivity contribution in [3.05, 3.63) is 12.2 Å². The van der Waals surface area contributed by atoms with Crippen molar-refractivity contribution in [1.82, 2.24) is 0 Å².